The van der Waals surface area contributed by atoms with Crippen molar-refractivity contribution in [1.29, 1.82) is 0 Å². The minimum atomic E-state index is -0.957. The molecule has 9 heteroatoms. The molecule has 4 heterocycles. The summed E-state index contributed by atoms with van der Waals surface area (Å²) in [6.45, 7) is 6.21. The molecule has 0 spiro atoms. The molecule has 2 atom stereocenters. The van der Waals surface area contributed by atoms with Crippen LogP contribution in [0.3, 0.4) is 0 Å². The first-order valence-electron chi connectivity index (χ1n) is 12.5. The first kappa shape index (κ1) is 24.7. The molecule has 2 aliphatic heterocycles. The number of rotatable bonds is 7. The van der Waals surface area contributed by atoms with Gasteiger partial charge in [-0.05, 0) is 0 Å². The van der Waals surface area contributed by atoms with Gasteiger partial charge in [0.05, 0.1) is 0 Å². The van der Waals surface area contributed by atoms with E-state index in [-0.39, 0.29) is 11.5 Å². The summed E-state index contributed by atoms with van der Waals surface area (Å²) in [6.07, 6.45) is 8.03. The van der Waals surface area contributed by atoms with Crippen molar-refractivity contribution in [2.24, 2.45) is 7.05 Å². The summed E-state index contributed by atoms with van der Waals surface area (Å²) < 4.78 is 3.74. The van der Waals surface area contributed by atoms with Gasteiger partial charge in [0.15, 0.2) is 0 Å². The average molecular weight is 550 g/mol. The van der Waals surface area contributed by atoms with Crippen LogP contribution in [0.25, 0.3) is 11.4 Å². The number of carboxylic acid groups (broad SMARTS) is 1. The van der Waals surface area contributed by atoms with Gasteiger partial charge in [-0.3, -0.25) is 0 Å². The van der Waals surface area contributed by atoms with Gasteiger partial charge in [-0.2, -0.15) is 0 Å². The van der Waals surface area contributed by atoms with Crippen molar-refractivity contribution in [1.82, 2.24) is 24.3 Å². The van der Waals surface area contributed by atoms with E-state index in [0.717, 1.165) is 60.5 Å². The van der Waals surface area contributed by atoms with Gasteiger partial charge in [-0.1, -0.05) is 0 Å². The van der Waals surface area contributed by atoms with Crippen LogP contribution in [-0.4, -0.2) is 89.3 Å². The Morgan fingerprint density at radius 2 is 1.89 bits per heavy atom. The standard InChI is InChI=1S/C27H32AsN5O3/c1-18-14-19(25(34)33-13-5-6-21(33)17-32-11-3-4-12-32)7-8-22(18)28-27-29-10-9-23(30-27)24-15-20(26(35)36)16-31(24)2/h7-10,14-16,21,28H,3-6,11-13,17H2,1-2H3,(H,35,36)/t21-/m1/s1. The Morgan fingerprint density at radius 3 is 2.61 bits per heavy atom. The number of hydrogen-bond acceptors (Lipinski definition) is 5. The molecule has 3 aromatic rings. The average Bonchev–Trinajstić information content (AvgIpc) is 3.62. The van der Waals surface area contributed by atoms with Crippen molar-refractivity contribution in [2.75, 3.05) is 26.2 Å². The molecule has 2 aromatic heterocycles. The van der Waals surface area contributed by atoms with E-state index in [4.69, 9.17) is 4.98 Å². The van der Waals surface area contributed by atoms with Crippen molar-refractivity contribution < 1.29 is 14.7 Å². The molecule has 1 amide bonds. The SMILES string of the molecule is Cc1cc(C(=O)N2CCC[C@@H]2CN2CCCC2)ccc1[AsH]c1nccc(-c2cc(C(=O)O)cn2C)n1. The van der Waals surface area contributed by atoms with Gasteiger partial charge in [0, 0.05) is 0 Å². The van der Waals surface area contributed by atoms with E-state index in [1.165, 1.54) is 17.2 Å². The summed E-state index contributed by atoms with van der Waals surface area (Å²) in [7, 11) is 1.82. The predicted molar refractivity (Wildman–Crippen MR) is 141 cm³/mol. The third-order valence-corrected chi connectivity index (χ3v) is 9.91. The van der Waals surface area contributed by atoms with Gasteiger partial charge in [0.25, 0.3) is 0 Å². The van der Waals surface area contributed by atoms with Crippen LogP contribution in [0.5, 0.6) is 0 Å². The van der Waals surface area contributed by atoms with E-state index < -0.39 is 21.7 Å². The van der Waals surface area contributed by atoms with Crippen molar-refractivity contribution in [3.63, 3.8) is 0 Å². The zero-order valence-corrected chi connectivity index (χ0v) is 22.9. The van der Waals surface area contributed by atoms with Crippen molar-refractivity contribution in [3.8, 4) is 11.4 Å². The molecule has 0 radical (unpaired) electrons. The number of hydrogen-bond donors (Lipinski definition) is 1. The minimum absolute atomic E-state index is 0.141. The fourth-order valence-corrected chi connectivity index (χ4v) is 7.36. The van der Waals surface area contributed by atoms with Gasteiger partial charge in [-0.15, -0.1) is 0 Å². The summed E-state index contributed by atoms with van der Waals surface area (Å²) in [5.41, 5.74) is 3.55. The van der Waals surface area contributed by atoms with Crippen LogP contribution in [0.4, 0.5) is 0 Å². The first-order chi connectivity index (χ1) is 17.4. The van der Waals surface area contributed by atoms with Crippen molar-refractivity contribution >= 4 is 36.6 Å². The van der Waals surface area contributed by atoms with Crippen LogP contribution in [0.2, 0.25) is 0 Å². The molecule has 2 saturated heterocycles. The monoisotopic (exact) mass is 549 g/mol. The van der Waals surface area contributed by atoms with Crippen molar-refractivity contribution in [3.05, 3.63) is 59.4 Å². The summed E-state index contributed by atoms with van der Waals surface area (Å²) in [5.74, 6) is -0.816. The second kappa shape index (κ2) is 10.6. The van der Waals surface area contributed by atoms with Crippen LogP contribution in [0.1, 0.15) is 52.0 Å². The zero-order chi connectivity index (χ0) is 25.2. The number of likely N-dealkylation sites (tertiary alicyclic amines) is 2. The fourth-order valence-electron chi connectivity index (χ4n) is 5.28. The Morgan fingerprint density at radius 1 is 1.08 bits per heavy atom. The second-order valence-electron chi connectivity index (χ2n) is 9.75. The van der Waals surface area contributed by atoms with E-state index in [0.29, 0.717) is 11.7 Å². The van der Waals surface area contributed by atoms with Gasteiger partial charge < -0.3 is 0 Å². The number of amides is 1. The van der Waals surface area contributed by atoms with Gasteiger partial charge in [-0.25, -0.2) is 0 Å². The molecule has 0 aliphatic carbocycles. The van der Waals surface area contributed by atoms with Crippen LogP contribution < -0.4 is 8.96 Å². The molecule has 36 heavy (non-hydrogen) atoms. The summed E-state index contributed by atoms with van der Waals surface area (Å²) >= 11 is -0.822. The number of aromatic carboxylic acids is 1. The molecule has 8 nitrogen and oxygen atoms in total. The molecule has 1 aromatic carbocycles. The molecule has 1 unspecified atom stereocenters. The normalized spacial score (nSPS) is 18.5. The summed E-state index contributed by atoms with van der Waals surface area (Å²) in [4.78, 5) is 38.5. The Labute approximate surface area is 218 Å². The molecule has 1 N–H and O–H groups in total. The van der Waals surface area contributed by atoms with E-state index in [2.05, 4.69) is 27.8 Å². The van der Waals surface area contributed by atoms with E-state index in [1.54, 1.807) is 29.1 Å². The van der Waals surface area contributed by atoms with Crippen LogP contribution in [-0.2, 0) is 7.05 Å². The number of carbonyl (C=O) groups is 2. The Bertz CT molecular complexity index is 1280. The number of benzene rings is 1. The number of aryl methyl sites for hydroxylation is 2. The van der Waals surface area contributed by atoms with Gasteiger partial charge in [0.2, 0.25) is 0 Å². The molecule has 0 bridgehead atoms. The Kier molecular flexibility index (Phi) is 7.26. The fraction of sp³-hybridized carbons (Fsp3) is 0.407. The predicted octanol–water partition coefficient (Wildman–Crippen LogP) is 1.58. The van der Waals surface area contributed by atoms with Crippen LogP contribution in [0.15, 0.2) is 42.7 Å². The summed E-state index contributed by atoms with van der Waals surface area (Å²) in [6, 6.07) is 9.80. The van der Waals surface area contributed by atoms with E-state index >= 15 is 0 Å². The Hall–Kier alpha value is -2.96. The number of nitrogens with zero attached hydrogens (tertiary/aromatic N) is 5. The second-order valence-corrected chi connectivity index (χ2v) is 12.3. The third kappa shape index (κ3) is 5.25. The Balaban J connectivity index is 1.30. The summed E-state index contributed by atoms with van der Waals surface area (Å²) in [5, 5.41) is 9.29. The van der Waals surface area contributed by atoms with Gasteiger partial charge >= 0.3 is 218 Å². The molecule has 5 rings (SSSR count). The molecule has 0 saturated carbocycles. The molecular weight excluding hydrogens is 517 g/mol. The number of carbonyl (C=O) groups excluding carboxylic acids is 1. The number of aromatic nitrogens is 3. The van der Waals surface area contributed by atoms with Crippen molar-refractivity contribution in [2.45, 2.75) is 38.6 Å². The maximum absolute atomic E-state index is 13.4. The molecule has 2 aliphatic rings. The molecular formula is C27H32AsN5O3. The van der Waals surface area contributed by atoms with Crippen LogP contribution >= 0.6 is 0 Å². The molecule has 188 valence electrons. The van der Waals surface area contributed by atoms with Gasteiger partial charge in [0.1, 0.15) is 0 Å². The topological polar surface area (TPSA) is 91.6 Å². The molecule has 2 fully saturated rings. The maximum atomic E-state index is 13.4. The zero-order valence-electron chi connectivity index (χ0n) is 20.8. The van der Waals surface area contributed by atoms with Crippen LogP contribution in [0, 0.1) is 6.92 Å². The quantitative estimate of drug-likeness (QED) is 0.450. The third-order valence-electron chi connectivity index (χ3n) is 7.20. The van der Waals surface area contributed by atoms with E-state index in [9.17, 15) is 14.7 Å². The first-order valence-corrected chi connectivity index (χ1v) is 14.6. The number of carboxylic acids is 1. The van der Waals surface area contributed by atoms with E-state index in [1.807, 2.05) is 19.2 Å².